The van der Waals surface area contributed by atoms with Gasteiger partial charge in [0.15, 0.2) is 22.0 Å². The number of hydrogen-bond acceptors (Lipinski definition) is 3. The fourth-order valence-electron chi connectivity index (χ4n) is 12.1. The summed E-state index contributed by atoms with van der Waals surface area (Å²) >= 11 is 0. The second kappa shape index (κ2) is 19.8. The minimum atomic E-state index is -2.74. The third-order valence-corrected chi connectivity index (χ3v) is 25.0. The van der Waals surface area contributed by atoms with Gasteiger partial charge < -0.3 is 15.1 Å². The molecule has 0 unspecified atom stereocenters. The van der Waals surface area contributed by atoms with Crippen LogP contribution >= 0.6 is 0 Å². The number of rotatable bonds is 9. The Morgan fingerprint density at radius 3 is 0.934 bits per heavy atom. The highest BCUT2D eigenvalue weighted by atomic mass is 28.3. The molecule has 7 heteroatoms. The number of amidine groups is 2. The third-order valence-electron chi connectivity index (χ3n) is 15.3. The molecule has 0 aromatic heterocycles. The van der Waals surface area contributed by atoms with Gasteiger partial charge in [-0.05, 0) is 126 Å². The van der Waals surface area contributed by atoms with Crippen LogP contribution < -0.4 is 56.6 Å². The van der Waals surface area contributed by atoms with Crippen LogP contribution in [0.3, 0.4) is 0 Å². The maximum Gasteiger partial charge on any atom is 0.184 e. The lowest BCUT2D eigenvalue weighted by Crippen LogP contribution is -2.77. The SMILES string of the molecule is CN=C(N=C(Nc1ccccc1)c1ccc(N2c3ccccc3[Si](c3ccccc3)(c3ccccc3)c3ccccc32)cc1)c1ccc(N2c3ccccc3[Si](c3ccccc3)(c3ccccc3)c3ccccc32)cc1. The molecule has 362 valence electrons. The fourth-order valence-corrected chi connectivity index (χ4v) is 22.3. The zero-order valence-corrected chi connectivity index (χ0v) is 44.1. The molecule has 0 fully saturated rings. The van der Waals surface area contributed by atoms with E-state index in [2.05, 4.69) is 294 Å². The molecule has 2 aliphatic rings. The summed E-state index contributed by atoms with van der Waals surface area (Å²) in [5, 5.41) is 14.6. The second-order valence-corrected chi connectivity index (χ2v) is 26.8. The molecule has 11 aromatic carbocycles. The first kappa shape index (κ1) is 46.4. The molecular formula is C69H53N5Si2. The summed E-state index contributed by atoms with van der Waals surface area (Å²) in [6.07, 6.45) is 0. The number of nitrogens with one attached hydrogen (secondary N) is 1. The Morgan fingerprint density at radius 1 is 0.316 bits per heavy atom. The van der Waals surface area contributed by atoms with Crippen molar-refractivity contribution in [3.05, 3.63) is 308 Å². The first-order valence-corrected chi connectivity index (χ1v) is 30.0. The van der Waals surface area contributed by atoms with Crippen LogP contribution in [0, 0.1) is 0 Å². The molecule has 0 spiro atoms. The highest BCUT2D eigenvalue weighted by Gasteiger charge is 2.50. The Labute approximate surface area is 447 Å². The van der Waals surface area contributed by atoms with Crippen molar-refractivity contribution in [3.8, 4) is 0 Å². The van der Waals surface area contributed by atoms with Crippen molar-refractivity contribution in [1.82, 2.24) is 0 Å². The summed E-state index contributed by atoms with van der Waals surface area (Å²) in [7, 11) is -3.65. The third kappa shape index (κ3) is 7.67. The molecule has 76 heavy (non-hydrogen) atoms. The molecule has 0 atom stereocenters. The molecule has 2 aliphatic heterocycles. The topological polar surface area (TPSA) is 43.2 Å². The minimum absolute atomic E-state index is 0.620. The lowest BCUT2D eigenvalue weighted by Gasteiger charge is -2.45. The van der Waals surface area contributed by atoms with Gasteiger partial charge >= 0.3 is 0 Å². The molecule has 0 amide bonds. The zero-order valence-electron chi connectivity index (χ0n) is 42.1. The number of benzene rings is 11. The van der Waals surface area contributed by atoms with Gasteiger partial charge in [-0.25, -0.2) is 4.99 Å². The number of para-hydroxylation sites is 5. The monoisotopic (exact) mass is 1010 g/mol. The molecule has 0 saturated carbocycles. The summed E-state index contributed by atoms with van der Waals surface area (Å²) in [4.78, 5) is 15.1. The van der Waals surface area contributed by atoms with Gasteiger partial charge in [0.25, 0.3) is 0 Å². The Hall–Kier alpha value is -9.41. The van der Waals surface area contributed by atoms with E-state index in [0.29, 0.717) is 11.7 Å². The van der Waals surface area contributed by atoms with Crippen LogP contribution in [0.2, 0.25) is 0 Å². The van der Waals surface area contributed by atoms with Crippen molar-refractivity contribution in [2.45, 2.75) is 0 Å². The van der Waals surface area contributed by atoms with E-state index in [1.54, 1.807) is 0 Å². The van der Waals surface area contributed by atoms with E-state index in [0.717, 1.165) is 28.2 Å². The van der Waals surface area contributed by atoms with Gasteiger partial charge in [-0.15, -0.1) is 0 Å². The summed E-state index contributed by atoms with van der Waals surface area (Å²) < 4.78 is 0. The molecule has 5 nitrogen and oxygen atoms in total. The minimum Gasteiger partial charge on any atom is -0.340 e. The quantitative estimate of drug-likeness (QED) is 0.0890. The molecule has 11 aromatic rings. The van der Waals surface area contributed by atoms with Crippen LogP contribution in [0.25, 0.3) is 0 Å². The molecule has 1 N–H and O–H groups in total. The van der Waals surface area contributed by atoms with Crippen molar-refractivity contribution in [3.63, 3.8) is 0 Å². The van der Waals surface area contributed by atoms with Crippen molar-refractivity contribution in [2.24, 2.45) is 9.98 Å². The van der Waals surface area contributed by atoms with Gasteiger partial charge in [0.2, 0.25) is 0 Å². The standard InChI is InChI=1S/C69H53N5Si2/c1-70-68(51-43-47-54(48-44-51)73-60-35-17-21-39-64(60)75(56-27-9-3-10-28-56,57-29-11-4-12-30-57)65-40-22-18-36-61(65)73)72-69(71-53-25-7-2-8-26-53)52-45-49-55(50-46-52)74-62-37-19-23-41-66(62)76(58-31-13-5-14-32-58,59-33-15-6-16-34-59)67-42-24-20-38-63(67)74/h2-50H,1H3,(H,70,71,72). The molecule has 0 bridgehead atoms. The highest BCUT2D eigenvalue weighted by molar-refractivity contribution is 7.22. The molecule has 0 radical (unpaired) electrons. The Morgan fingerprint density at radius 2 is 0.605 bits per heavy atom. The van der Waals surface area contributed by atoms with E-state index in [9.17, 15) is 0 Å². The van der Waals surface area contributed by atoms with E-state index < -0.39 is 16.1 Å². The van der Waals surface area contributed by atoms with Gasteiger partial charge in [-0.2, -0.15) is 0 Å². The molecular weight excluding hydrogens is 955 g/mol. The van der Waals surface area contributed by atoms with Crippen LogP contribution in [-0.4, -0.2) is 34.9 Å². The predicted octanol–water partition coefficient (Wildman–Crippen LogP) is 10.9. The summed E-state index contributed by atoms with van der Waals surface area (Å²) in [6, 6.07) is 108. The molecule has 0 aliphatic carbocycles. The lowest BCUT2D eigenvalue weighted by molar-refractivity contribution is 1.28. The first-order chi connectivity index (χ1) is 37.7. The van der Waals surface area contributed by atoms with E-state index in [4.69, 9.17) is 9.98 Å². The van der Waals surface area contributed by atoms with Gasteiger partial charge in [0.1, 0.15) is 5.84 Å². The Balaban J connectivity index is 0.879. The molecule has 2 heterocycles. The van der Waals surface area contributed by atoms with Crippen LogP contribution in [0.4, 0.5) is 39.8 Å². The van der Waals surface area contributed by atoms with Crippen molar-refractivity contribution in [1.29, 1.82) is 0 Å². The zero-order chi connectivity index (χ0) is 50.9. The predicted molar refractivity (Wildman–Crippen MR) is 326 cm³/mol. The molecule has 13 rings (SSSR count). The van der Waals surface area contributed by atoms with E-state index in [-0.39, 0.29) is 0 Å². The van der Waals surface area contributed by atoms with Crippen LogP contribution in [0.15, 0.2) is 307 Å². The summed E-state index contributed by atoms with van der Waals surface area (Å²) in [5.74, 6) is 1.32. The Bertz CT molecular complexity index is 3730. The van der Waals surface area contributed by atoms with Crippen molar-refractivity contribution < 1.29 is 0 Å². The number of aliphatic imine (C=N–C) groups is 2. The van der Waals surface area contributed by atoms with E-state index in [1.807, 2.05) is 25.2 Å². The number of hydrogen-bond donors (Lipinski definition) is 1. The van der Waals surface area contributed by atoms with Gasteiger partial charge in [0.05, 0.1) is 0 Å². The maximum absolute atomic E-state index is 5.37. The number of fused-ring (bicyclic) bond motifs is 4. The summed E-state index contributed by atoms with van der Waals surface area (Å²) in [5.41, 5.74) is 9.70. The molecule has 0 saturated heterocycles. The van der Waals surface area contributed by atoms with Crippen molar-refractivity contribution in [2.75, 3.05) is 22.2 Å². The van der Waals surface area contributed by atoms with Crippen LogP contribution in [0.5, 0.6) is 0 Å². The van der Waals surface area contributed by atoms with Gasteiger partial charge in [-0.1, -0.05) is 212 Å². The van der Waals surface area contributed by atoms with Crippen molar-refractivity contribution >= 4 is 109 Å². The van der Waals surface area contributed by atoms with Gasteiger partial charge in [0, 0.05) is 58.0 Å². The van der Waals surface area contributed by atoms with E-state index in [1.165, 1.54) is 64.2 Å². The fraction of sp³-hybridized carbons (Fsp3) is 0.0145. The average Bonchev–Trinajstić information content (AvgIpc) is 3.50. The highest BCUT2D eigenvalue weighted by Crippen LogP contribution is 2.40. The lowest BCUT2D eigenvalue weighted by atomic mass is 10.1. The summed E-state index contributed by atoms with van der Waals surface area (Å²) in [6.45, 7) is 0. The number of anilines is 7. The second-order valence-electron chi connectivity index (χ2n) is 19.3. The average molecular weight is 1010 g/mol. The van der Waals surface area contributed by atoms with Crippen LogP contribution in [-0.2, 0) is 0 Å². The smallest absolute Gasteiger partial charge is 0.184 e. The van der Waals surface area contributed by atoms with Gasteiger partial charge in [-0.3, -0.25) is 4.99 Å². The largest absolute Gasteiger partial charge is 0.340 e. The normalized spacial score (nSPS) is 14.2. The number of nitrogens with zero attached hydrogens (tertiary/aromatic N) is 4. The van der Waals surface area contributed by atoms with E-state index >= 15 is 0 Å². The Kier molecular flexibility index (Phi) is 12.1. The van der Waals surface area contributed by atoms with Crippen LogP contribution in [0.1, 0.15) is 11.1 Å². The maximum atomic E-state index is 5.37. The first-order valence-electron chi connectivity index (χ1n) is 26.0.